The zero-order valence-corrected chi connectivity index (χ0v) is 23.5. The van der Waals surface area contributed by atoms with E-state index in [-0.39, 0.29) is 24.0 Å². The molecule has 0 unspecified atom stereocenters. The fourth-order valence-electron chi connectivity index (χ4n) is 6.62. The SMILES string of the molecule is CCO[C@]12c3c(OC)cc(OC)cc3O[C@@]1(c1ccc(OC)c(O)c1)[C@H](c1ccccc1)[C@@H](C(=O)N(C)C)[C@H]2O. The lowest BCUT2D eigenvalue weighted by Crippen LogP contribution is -2.54. The molecule has 2 aliphatic rings. The Balaban J connectivity index is 1.95. The highest BCUT2D eigenvalue weighted by Crippen LogP contribution is 2.72. The lowest BCUT2D eigenvalue weighted by Gasteiger charge is -2.43. The molecule has 0 radical (unpaired) electrons. The number of methoxy groups -OCH3 is 3. The van der Waals surface area contributed by atoms with Crippen LogP contribution in [0.25, 0.3) is 0 Å². The first-order valence-electron chi connectivity index (χ1n) is 13.1. The quantitative estimate of drug-likeness (QED) is 0.437. The van der Waals surface area contributed by atoms with Crippen LogP contribution in [-0.4, -0.2) is 69.2 Å². The Labute approximate surface area is 233 Å². The minimum atomic E-state index is -1.62. The number of aromatic hydroxyl groups is 1. The molecule has 1 saturated carbocycles. The molecule has 0 aromatic heterocycles. The number of aliphatic hydroxyl groups is 1. The van der Waals surface area contributed by atoms with Gasteiger partial charge in [0.05, 0.1) is 32.8 Å². The third kappa shape index (κ3) is 3.64. The summed E-state index contributed by atoms with van der Waals surface area (Å²) in [6.45, 7) is 2.01. The number of hydrogen-bond acceptors (Lipinski definition) is 8. The smallest absolute Gasteiger partial charge is 0.228 e. The summed E-state index contributed by atoms with van der Waals surface area (Å²) in [5.74, 6) is -0.609. The maximum atomic E-state index is 14.0. The van der Waals surface area contributed by atoms with Gasteiger partial charge in [-0.05, 0) is 24.6 Å². The second-order valence-corrected chi connectivity index (χ2v) is 10.2. The number of phenols is 1. The van der Waals surface area contributed by atoms with Crippen molar-refractivity contribution in [3.63, 3.8) is 0 Å². The maximum absolute atomic E-state index is 14.0. The minimum Gasteiger partial charge on any atom is -0.504 e. The van der Waals surface area contributed by atoms with Gasteiger partial charge in [0.2, 0.25) is 5.91 Å². The van der Waals surface area contributed by atoms with Gasteiger partial charge in [0, 0.05) is 44.3 Å². The zero-order valence-electron chi connectivity index (χ0n) is 23.5. The summed E-state index contributed by atoms with van der Waals surface area (Å²) in [6, 6.07) is 17.8. The first-order valence-corrected chi connectivity index (χ1v) is 13.1. The van der Waals surface area contributed by atoms with E-state index in [1.54, 1.807) is 51.5 Å². The third-order valence-electron chi connectivity index (χ3n) is 8.11. The van der Waals surface area contributed by atoms with E-state index >= 15 is 0 Å². The third-order valence-corrected chi connectivity index (χ3v) is 8.11. The number of nitrogens with zero attached hydrogens (tertiary/aromatic N) is 1. The molecule has 5 atom stereocenters. The van der Waals surface area contributed by atoms with E-state index in [9.17, 15) is 15.0 Å². The van der Waals surface area contributed by atoms with Gasteiger partial charge in [0.1, 0.15) is 23.4 Å². The van der Waals surface area contributed by atoms with Gasteiger partial charge in [-0.25, -0.2) is 0 Å². The highest BCUT2D eigenvalue weighted by atomic mass is 16.6. The Hall–Kier alpha value is -3.95. The number of hydrogen-bond donors (Lipinski definition) is 2. The van der Waals surface area contributed by atoms with E-state index in [1.807, 2.05) is 37.3 Å². The second-order valence-electron chi connectivity index (χ2n) is 10.2. The lowest BCUT2D eigenvalue weighted by atomic mass is 9.70. The summed E-state index contributed by atoms with van der Waals surface area (Å²) in [4.78, 5) is 15.4. The largest absolute Gasteiger partial charge is 0.504 e. The molecule has 1 aliphatic heterocycles. The molecule has 1 aliphatic carbocycles. The number of aliphatic hydroxyl groups excluding tert-OH is 1. The molecule has 2 N–H and O–H groups in total. The van der Waals surface area contributed by atoms with E-state index in [1.165, 1.54) is 19.1 Å². The second kappa shape index (κ2) is 10.2. The van der Waals surface area contributed by atoms with Crippen LogP contribution in [0, 0.1) is 5.92 Å². The van der Waals surface area contributed by atoms with Crippen molar-refractivity contribution in [3.05, 3.63) is 77.4 Å². The van der Waals surface area contributed by atoms with E-state index in [0.717, 1.165) is 5.56 Å². The fourth-order valence-corrected chi connectivity index (χ4v) is 6.62. The molecule has 1 heterocycles. The van der Waals surface area contributed by atoms with Crippen LogP contribution in [0.5, 0.6) is 28.7 Å². The van der Waals surface area contributed by atoms with Crippen molar-refractivity contribution in [3.8, 4) is 28.7 Å². The number of fused-ring (bicyclic) bond motifs is 3. The summed E-state index contributed by atoms with van der Waals surface area (Å²) in [5.41, 5.74) is -1.41. The van der Waals surface area contributed by atoms with Crippen LogP contribution in [0.4, 0.5) is 0 Å². The van der Waals surface area contributed by atoms with Crippen molar-refractivity contribution >= 4 is 5.91 Å². The van der Waals surface area contributed by atoms with Crippen molar-refractivity contribution in [2.75, 3.05) is 42.0 Å². The molecule has 0 saturated heterocycles. The normalized spacial score (nSPS) is 26.4. The van der Waals surface area contributed by atoms with Gasteiger partial charge in [-0.15, -0.1) is 0 Å². The van der Waals surface area contributed by atoms with Gasteiger partial charge < -0.3 is 38.8 Å². The van der Waals surface area contributed by atoms with Crippen molar-refractivity contribution in [2.24, 2.45) is 5.92 Å². The van der Waals surface area contributed by atoms with Gasteiger partial charge in [-0.2, -0.15) is 0 Å². The predicted molar refractivity (Wildman–Crippen MR) is 147 cm³/mol. The van der Waals surface area contributed by atoms with Crippen LogP contribution >= 0.6 is 0 Å². The average molecular weight is 550 g/mol. The van der Waals surface area contributed by atoms with E-state index < -0.39 is 29.1 Å². The lowest BCUT2D eigenvalue weighted by molar-refractivity contribution is -0.187. The molecule has 212 valence electrons. The number of amides is 1. The number of ether oxygens (including phenoxy) is 5. The number of carbonyl (C=O) groups excluding carboxylic acids is 1. The van der Waals surface area contributed by atoms with Crippen LogP contribution in [0.2, 0.25) is 0 Å². The molecule has 1 amide bonds. The molecular weight excluding hydrogens is 514 g/mol. The molecule has 40 heavy (non-hydrogen) atoms. The van der Waals surface area contributed by atoms with Crippen molar-refractivity contribution < 1.29 is 38.7 Å². The summed E-state index contributed by atoms with van der Waals surface area (Å²) < 4.78 is 30.4. The molecule has 3 aromatic rings. The standard InChI is InChI=1S/C31H35NO8/c1-7-39-31-27-23(38-6)16-20(36-4)17-24(27)40-30(31,19-13-14-22(37-5)21(33)15-19)26(18-11-9-8-10-12-18)25(28(31)34)29(35)32(2)3/h8-17,25-26,28,33-34H,7H2,1-6H3/t25-,26-,28-,30+,31+/m1/s1. The number of carbonyl (C=O) groups is 1. The van der Waals surface area contributed by atoms with Crippen LogP contribution in [0.3, 0.4) is 0 Å². The van der Waals surface area contributed by atoms with Gasteiger partial charge >= 0.3 is 0 Å². The summed E-state index contributed by atoms with van der Waals surface area (Å²) in [7, 11) is 7.84. The highest BCUT2D eigenvalue weighted by Gasteiger charge is 2.79. The Morgan fingerprint density at radius 2 is 1.68 bits per heavy atom. The first-order chi connectivity index (χ1) is 19.2. The van der Waals surface area contributed by atoms with Gasteiger partial charge in [0.15, 0.2) is 22.7 Å². The molecule has 0 spiro atoms. The molecule has 5 rings (SSSR count). The summed E-state index contributed by atoms with van der Waals surface area (Å²) in [5, 5.41) is 23.4. The van der Waals surface area contributed by atoms with Gasteiger partial charge in [0.25, 0.3) is 0 Å². The first kappa shape index (κ1) is 27.6. The van der Waals surface area contributed by atoms with Crippen molar-refractivity contribution in [1.29, 1.82) is 0 Å². The van der Waals surface area contributed by atoms with Crippen LogP contribution in [0.1, 0.15) is 29.5 Å². The van der Waals surface area contributed by atoms with E-state index in [2.05, 4.69) is 0 Å². The Morgan fingerprint density at radius 3 is 2.25 bits per heavy atom. The summed E-state index contributed by atoms with van der Waals surface area (Å²) in [6.07, 6.45) is -1.37. The molecule has 0 bridgehead atoms. The van der Waals surface area contributed by atoms with E-state index in [0.29, 0.717) is 28.4 Å². The summed E-state index contributed by atoms with van der Waals surface area (Å²) >= 11 is 0. The van der Waals surface area contributed by atoms with Gasteiger partial charge in [-0.1, -0.05) is 36.4 Å². The van der Waals surface area contributed by atoms with Crippen molar-refractivity contribution in [2.45, 2.75) is 30.1 Å². The highest BCUT2D eigenvalue weighted by molar-refractivity contribution is 5.83. The number of rotatable bonds is 8. The van der Waals surface area contributed by atoms with Crippen LogP contribution in [-0.2, 0) is 20.7 Å². The Kier molecular flexibility index (Phi) is 7.06. The monoisotopic (exact) mass is 549 g/mol. The molecule has 9 heteroatoms. The Morgan fingerprint density at radius 1 is 0.975 bits per heavy atom. The zero-order chi connectivity index (χ0) is 28.8. The average Bonchev–Trinajstić information content (AvgIpc) is 3.37. The van der Waals surface area contributed by atoms with Gasteiger partial charge in [-0.3, -0.25) is 4.79 Å². The topological polar surface area (TPSA) is 107 Å². The van der Waals surface area contributed by atoms with Crippen LogP contribution < -0.4 is 18.9 Å². The van der Waals surface area contributed by atoms with Crippen molar-refractivity contribution in [1.82, 2.24) is 4.90 Å². The van der Waals surface area contributed by atoms with Crippen LogP contribution in [0.15, 0.2) is 60.7 Å². The fraction of sp³-hybridized carbons (Fsp3) is 0.387. The molecule has 3 aromatic carbocycles. The van der Waals surface area contributed by atoms with E-state index in [4.69, 9.17) is 23.7 Å². The number of benzene rings is 3. The molecule has 9 nitrogen and oxygen atoms in total. The molecular formula is C31H35NO8. The molecule has 1 fully saturated rings. The number of phenolic OH excluding ortho intramolecular Hbond substituents is 1. The maximum Gasteiger partial charge on any atom is 0.228 e. The Bertz CT molecular complexity index is 1410. The minimum absolute atomic E-state index is 0.118. The predicted octanol–water partition coefficient (Wildman–Crippen LogP) is 3.80.